The molecule has 4 aromatic rings. The Hall–Kier alpha value is -4.28. The number of carbonyl (C=O) groups excluding carboxylic acids is 2. The molecule has 0 unspecified atom stereocenters. The van der Waals surface area contributed by atoms with Crippen LogP contribution in [0.4, 0.5) is 5.69 Å². The predicted octanol–water partition coefficient (Wildman–Crippen LogP) is 5.82. The molecule has 0 bridgehead atoms. The molecule has 1 aliphatic heterocycles. The molecule has 1 aromatic heterocycles. The number of anilines is 1. The zero-order valence-electron chi connectivity index (χ0n) is 17.9. The summed E-state index contributed by atoms with van der Waals surface area (Å²) in [4.78, 5) is 29.7. The molecule has 6 nitrogen and oxygen atoms in total. The molecule has 1 aliphatic rings. The molecular weight excluding hydrogens is 448 g/mol. The minimum absolute atomic E-state index is 0.0248. The smallest absolute Gasteiger partial charge is 0.338 e. The summed E-state index contributed by atoms with van der Waals surface area (Å²) in [6.07, 6.45) is 1.52. The van der Waals surface area contributed by atoms with Gasteiger partial charge >= 0.3 is 5.97 Å². The van der Waals surface area contributed by atoms with E-state index >= 15 is 0 Å². The van der Waals surface area contributed by atoms with Crippen LogP contribution < -0.4 is 4.90 Å². The van der Waals surface area contributed by atoms with Crippen molar-refractivity contribution in [3.8, 4) is 6.07 Å². The highest BCUT2D eigenvalue weighted by Gasteiger charge is 2.28. The average Bonchev–Trinajstić information content (AvgIpc) is 3.37. The zero-order chi connectivity index (χ0) is 23.5. The number of amides is 1. The molecule has 3 aromatic carbocycles. The van der Waals surface area contributed by atoms with E-state index in [1.54, 1.807) is 47.4 Å². The second-order valence-corrected chi connectivity index (χ2v) is 8.72. The van der Waals surface area contributed by atoms with E-state index in [0.29, 0.717) is 28.1 Å². The molecule has 166 valence electrons. The molecule has 1 amide bonds. The number of nitriles is 1. The molecule has 2 heterocycles. The fourth-order valence-corrected chi connectivity index (χ4v) is 4.74. The minimum atomic E-state index is -0.503. The van der Waals surface area contributed by atoms with Gasteiger partial charge in [-0.2, -0.15) is 5.26 Å². The summed E-state index contributed by atoms with van der Waals surface area (Å²) < 4.78 is 10.6. The van der Waals surface area contributed by atoms with Gasteiger partial charge < -0.3 is 14.1 Å². The van der Waals surface area contributed by atoms with Gasteiger partial charge in [-0.15, -0.1) is 0 Å². The number of nitrogens with zero attached hydrogens (tertiary/aromatic N) is 2. The van der Waals surface area contributed by atoms with Crippen LogP contribution in [-0.4, -0.2) is 11.9 Å². The number of rotatable bonds is 5. The van der Waals surface area contributed by atoms with Crippen LogP contribution in [0, 0.1) is 11.3 Å². The second-order valence-electron chi connectivity index (χ2n) is 7.64. The molecule has 0 N–H and O–H groups in total. The van der Waals surface area contributed by atoms with E-state index in [9.17, 15) is 9.59 Å². The van der Waals surface area contributed by atoms with Crippen LogP contribution in [0.25, 0.3) is 0 Å². The van der Waals surface area contributed by atoms with Crippen LogP contribution >= 0.6 is 11.8 Å². The Morgan fingerprint density at radius 1 is 1.00 bits per heavy atom. The van der Waals surface area contributed by atoms with E-state index in [-0.39, 0.29) is 19.1 Å². The van der Waals surface area contributed by atoms with E-state index < -0.39 is 5.97 Å². The number of furan rings is 1. The maximum absolute atomic E-state index is 13.6. The van der Waals surface area contributed by atoms with Gasteiger partial charge in [-0.3, -0.25) is 4.79 Å². The van der Waals surface area contributed by atoms with E-state index in [1.165, 1.54) is 18.0 Å². The maximum Gasteiger partial charge on any atom is 0.338 e. The number of esters is 1. The van der Waals surface area contributed by atoms with Crippen molar-refractivity contribution in [2.45, 2.75) is 22.9 Å². The van der Waals surface area contributed by atoms with E-state index in [0.717, 1.165) is 15.4 Å². The van der Waals surface area contributed by atoms with Crippen molar-refractivity contribution in [2.75, 3.05) is 4.90 Å². The van der Waals surface area contributed by atoms with Crippen LogP contribution in [0.3, 0.4) is 0 Å². The summed E-state index contributed by atoms with van der Waals surface area (Å²) in [6, 6.07) is 25.4. The zero-order valence-corrected chi connectivity index (χ0v) is 18.7. The Morgan fingerprint density at radius 3 is 2.59 bits per heavy atom. The number of fused-ring (bicyclic) bond motifs is 2. The summed E-state index contributed by atoms with van der Waals surface area (Å²) in [5, 5.41) is 9.09. The Labute approximate surface area is 200 Å². The van der Waals surface area contributed by atoms with Crippen molar-refractivity contribution < 1.29 is 18.7 Å². The predicted molar refractivity (Wildman–Crippen MR) is 127 cm³/mol. The third-order valence-corrected chi connectivity index (χ3v) is 6.56. The third-order valence-electron chi connectivity index (χ3n) is 5.42. The Balaban J connectivity index is 1.51. The summed E-state index contributed by atoms with van der Waals surface area (Å²) in [5.74, 6) is -0.115. The SMILES string of the molecule is N#Cc1ccc(CN2C(=O)c3ccccc3Sc3ccc(C(=O)OCc4ccco4)cc32)cc1. The van der Waals surface area contributed by atoms with Gasteiger partial charge in [-0.1, -0.05) is 36.0 Å². The van der Waals surface area contributed by atoms with Crippen LogP contribution in [0.5, 0.6) is 0 Å². The average molecular weight is 467 g/mol. The van der Waals surface area contributed by atoms with Gasteiger partial charge in [0.15, 0.2) is 0 Å². The molecule has 0 atom stereocenters. The molecule has 34 heavy (non-hydrogen) atoms. The first-order valence-corrected chi connectivity index (χ1v) is 11.4. The largest absolute Gasteiger partial charge is 0.466 e. The van der Waals surface area contributed by atoms with Crippen LogP contribution in [0.1, 0.15) is 37.6 Å². The molecule has 0 radical (unpaired) electrons. The fraction of sp³-hybridized carbons (Fsp3) is 0.0741. The first kappa shape index (κ1) is 21.6. The third kappa shape index (κ3) is 4.32. The van der Waals surface area contributed by atoms with Crippen molar-refractivity contribution in [1.82, 2.24) is 0 Å². The highest BCUT2D eigenvalue weighted by Crippen LogP contribution is 2.42. The molecule has 0 aliphatic carbocycles. The van der Waals surface area contributed by atoms with Crippen LogP contribution in [-0.2, 0) is 17.9 Å². The lowest BCUT2D eigenvalue weighted by Crippen LogP contribution is -2.30. The van der Waals surface area contributed by atoms with Crippen molar-refractivity contribution in [2.24, 2.45) is 0 Å². The maximum atomic E-state index is 13.6. The van der Waals surface area contributed by atoms with Gasteiger partial charge in [0.25, 0.3) is 5.91 Å². The van der Waals surface area contributed by atoms with Crippen molar-refractivity contribution in [3.63, 3.8) is 0 Å². The lowest BCUT2D eigenvalue weighted by Gasteiger charge is -2.23. The number of ether oxygens (including phenoxy) is 1. The standard InChI is InChI=1S/C27H18N2O4S/c28-15-18-7-9-19(10-8-18)16-29-23-14-20(27(31)33-17-21-4-3-13-32-21)11-12-25(23)34-24-6-2-1-5-22(24)26(29)30/h1-14H,16-17H2. The number of carbonyl (C=O) groups is 2. The second kappa shape index (κ2) is 9.30. The molecule has 5 rings (SSSR count). The normalized spacial score (nSPS) is 12.3. The van der Waals surface area contributed by atoms with E-state index in [4.69, 9.17) is 14.4 Å². The van der Waals surface area contributed by atoms with Gasteiger partial charge in [0.1, 0.15) is 12.4 Å². The highest BCUT2D eigenvalue weighted by molar-refractivity contribution is 7.99. The number of hydrogen-bond donors (Lipinski definition) is 0. The molecule has 7 heteroatoms. The minimum Gasteiger partial charge on any atom is -0.466 e. The molecular formula is C27H18N2O4S. The van der Waals surface area contributed by atoms with Gasteiger partial charge in [-0.05, 0) is 60.2 Å². The molecule has 0 saturated heterocycles. The van der Waals surface area contributed by atoms with E-state index in [2.05, 4.69) is 6.07 Å². The summed E-state index contributed by atoms with van der Waals surface area (Å²) in [7, 11) is 0. The quantitative estimate of drug-likeness (QED) is 0.345. The van der Waals surface area contributed by atoms with Crippen molar-refractivity contribution in [3.05, 3.63) is 113 Å². The Morgan fingerprint density at radius 2 is 1.82 bits per heavy atom. The van der Waals surface area contributed by atoms with Gasteiger partial charge in [-0.25, -0.2) is 4.79 Å². The van der Waals surface area contributed by atoms with Crippen molar-refractivity contribution >= 4 is 29.3 Å². The lowest BCUT2D eigenvalue weighted by molar-refractivity contribution is 0.0445. The number of hydrogen-bond acceptors (Lipinski definition) is 6. The van der Waals surface area contributed by atoms with Gasteiger partial charge in [0.2, 0.25) is 0 Å². The fourth-order valence-electron chi connectivity index (χ4n) is 3.69. The summed E-state index contributed by atoms with van der Waals surface area (Å²) in [5.41, 5.74) is 2.99. The van der Waals surface area contributed by atoms with Gasteiger partial charge in [0.05, 0.1) is 41.3 Å². The first-order valence-electron chi connectivity index (χ1n) is 10.5. The highest BCUT2D eigenvalue weighted by atomic mass is 32.2. The number of benzene rings is 3. The van der Waals surface area contributed by atoms with Gasteiger partial charge in [0, 0.05) is 9.79 Å². The summed E-state index contributed by atoms with van der Waals surface area (Å²) in [6.45, 7) is 0.314. The van der Waals surface area contributed by atoms with Crippen LogP contribution in [0.2, 0.25) is 0 Å². The van der Waals surface area contributed by atoms with E-state index in [1.807, 2.05) is 36.4 Å². The first-order chi connectivity index (χ1) is 16.6. The summed E-state index contributed by atoms with van der Waals surface area (Å²) >= 11 is 1.49. The monoisotopic (exact) mass is 466 g/mol. The topological polar surface area (TPSA) is 83.5 Å². The Kier molecular flexibility index (Phi) is 5.90. The molecule has 0 spiro atoms. The molecule has 0 saturated carbocycles. The lowest BCUT2D eigenvalue weighted by atomic mass is 10.1. The van der Waals surface area contributed by atoms with Crippen molar-refractivity contribution in [1.29, 1.82) is 5.26 Å². The van der Waals surface area contributed by atoms with Crippen LogP contribution in [0.15, 0.2) is 99.3 Å². The molecule has 0 fully saturated rings. The Bertz CT molecular complexity index is 1410.